The summed E-state index contributed by atoms with van der Waals surface area (Å²) in [7, 11) is 0. The molecule has 1 atom stereocenters. The van der Waals surface area contributed by atoms with E-state index in [1.165, 1.54) is 6.92 Å². The van der Waals surface area contributed by atoms with Crippen LogP contribution < -0.4 is 0 Å². The molecular weight excluding hydrogens is 93.1 g/mol. The average molecular weight is 101 g/mol. The van der Waals surface area contributed by atoms with Crippen LogP contribution in [0.1, 0.15) is 6.92 Å². The molecule has 0 N–H and O–H groups in total. The molecule has 0 aromatic carbocycles. The lowest BCUT2D eigenvalue weighted by Gasteiger charge is -1.94. The van der Waals surface area contributed by atoms with E-state index >= 15 is 0 Å². The van der Waals surface area contributed by atoms with Crippen molar-refractivity contribution in [2.24, 2.45) is 4.99 Å². The summed E-state index contributed by atoms with van der Waals surface area (Å²) >= 11 is 0. The van der Waals surface area contributed by atoms with Crippen LogP contribution in [0.15, 0.2) is 17.3 Å². The number of allylic oxidation sites excluding steroid dienone is 1. The highest BCUT2D eigenvalue weighted by Crippen LogP contribution is 2.01. The predicted molar refractivity (Wildman–Crippen MR) is 29.3 cm³/mol. The van der Waals surface area contributed by atoms with Crippen molar-refractivity contribution in [3.05, 3.63) is 12.3 Å². The number of alkyl halides is 1. The number of halogens is 1. The first-order valence-electron chi connectivity index (χ1n) is 1.98. The Morgan fingerprint density at radius 3 is 2.29 bits per heavy atom. The number of rotatable bonds is 2. The van der Waals surface area contributed by atoms with Gasteiger partial charge in [0, 0.05) is 0 Å². The van der Waals surface area contributed by atoms with E-state index in [1.807, 2.05) is 0 Å². The highest BCUT2D eigenvalue weighted by atomic mass is 19.1. The fourth-order valence-corrected chi connectivity index (χ4v) is 0.126. The van der Waals surface area contributed by atoms with Gasteiger partial charge in [-0.05, 0) is 13.6 Å². The van der Waals surface area contributed by atoms with Crippen molar-refractivity contribution in [1.82, 2.24) is 0 Å². The maximum atomic E-state index is 11.9. The van der Waals surface area contributed by atoms with Crippen LogP contribution in [0.2, 0.25) is 0 Å². The maximum absolute atomic E-state index is 11.9. The van der Waals surface area contributed by atoms with Gasteiger partial charge in [0.2, 0.25) is 0 Å². The molecule has 0 aliphatic heterocycles. The van der Waals surface area contributed by atoms with Crippen molar-refractivity contribution in [3.63, 3.8) is 0 Å². The molecule has 0 spiro atoms. The molecule has 40 valence electrons. The Morgan fingerprint density at radius 2 is 2.29 bits per heavy atom. The van der Waals surface area contributed by atoms with Gasteiger partial charge in [0.15, 0.2) is 0 Å². The van der Waals surface area contributed by atoms with E-state index in [9.17, 15) is 4.39 Å². The smallest absolute Gasteiger partial charge is 0.138 e. The number of nitrogens with zero attached hydrogens (tertiary/aromatic N) is 1. The van der Waals surface area contributed by atoms with Crippen LogP contribution in [-0.2, 0) is 0 Å². The number of hydrogen-bond acceptors (Lipinski definition) is 1. The molecule has 0 aromatic rings. The molecule has 1 unspecified atom stereocenters. The summed E-state index contributed by atoms with van der Waals surface area (Å²) in [5, 5.41) is 0. The van der Waals surface area contributed by atoms with Crippen LogP contribution in [0.25, 0.3) is 0 Å². The van der Waals surface area contributed by atoms with E-state index in [2.05, 4.69) is 18.3 Å². The molecule has 0 aliphatic carbocycles. The molecule has 0 amide bonds. The Hall–Kier alpha value is -0.660. The summed E-state index contributed by atoms with van der Waals surface area (Å²) in [5.74, 6) is 0. The summed E-state index contributed by atoms with van der Waals surface area (Å²) in [6, 6.07) is 0. The lowest BCUT2D eigenvalue weighted by molar-refractivity contribution is 0.410. The molecule has 2 heteroatoms. The van der Waals surface area contributed by atoms with E-state index in [-0.39, 0.29) is 5.70 Å². The van der Waals surface area contributed by atoms with Crippen LogP contribution in [0.3, 0.4) is 0 Å². The van der Waals surface area contributed by atoms with Crippen molar-refractivity contribution in [2.75, 3.05) is 0 Å². The molecule has 0 radical (unpaired) electrons. The Morgan fingerprint density at radius 1 is 1.86 bits per heavy atom. The fraction of sp³-hybridized carbons (Fsp3) is 0.400. The molecule has 7 heavy (non-hydrogen) atoms. The van der Waals surface area contributed by atoms with Crippen LogP contribution in [0, 0.1) is 0 Å². The molecule has 1 nitrogen and oxygen atoms in total. The predicted octanol–water partition coefficient (Wildman–Crippen LogP) is 1.56. The van der Waals surface area contributed by atoms with Crippen molar-refractivity contribution < 1.29 is 4.39 Å². The molecule has 0 aliphatic rings. The van der Waals surface area contributed by atoms with Crippen molar-refractivity contribution in [3.8, 4) is 0 Å². The normalized spacial score (nSPS) is 12.9. The second-order valence-electron chi connectivity index (χ2n) is 1.27. The highest BCUT2D eigenvalue weighted by Gasteiger charge is 1.97. The third-order valence-electron chi connectivity index (χ3n) is 0.662. The molecule has 0 bridgehead atoms. The third kappa shape index (κ3) is 2.09. The Kier molecular flexibility index (Phi) is 2.27. The van der Waals surface area contributed by atoms with Crippen LogP contribution in [0.4, 0.5) is 4.39 Å². The van der Waals surface area contributed by atoms with Crippen LogP contribution >= 0.6 is 0 Å². The van der Waals surface area contributed by atoms with E-state index in [0.29, 0.717) is 0 Å². The summed E-state index contributed by atoms with van der Waals surface area (Å²) in [6.07, 6.45) is -1.06. The second-order valence-corrected chi connectivity index (χ2v) is 1.27. The van der Waals surface area contributed by atoms with Crippen molar-refractivity contribution in [2.45, 2.75) is 13.1 Å². The molecular formula is C5H8FN. The molecule has 0 rings (SSSR count). The van der Waals surface area contributed by atoms with Gasteiger partial charge in [0.05, 0.1) is 5.70 Å². The average Bonchev–Trinajstić information content (AvgIpc) is 1.65. The lowest BCUT2D eigenvalue weighted by atomic mass is 10.4. The zero-order valence-corrected chi connectivity index (χ0v) is 4.32. The first-order chi connectivity index (χ1) is 3.18. The SMILES string of the molecule is C=NC(=C)C(C)F. The number of aliphatic imine (C=N–C) groups is 1. The first-order valence-corrected chi connectivity index (χ1v) is 1.98. The summed E-state index contributed by atoms with van der Waals surface area (Å²) < 4.78 is 11.9. The maximum Gasteiger partial charge on any atom is 0.138 e. The monoisotopic (exact) mass is 101 g/mol. The lowest BCUT2D eigenvalue weighted by Crippen LogP contribution is -1.91. The minimum Gasteiger partial charge on any atom is -0.267 e. The summed E-state index contributed by atoms with van der Waals surface area (Å²) in [4.78, 5) is 3.27. The minimum atomic E-state index is -1.06. The molecule has 0 fully saturated rings. The van der Waals surface area contributed by atoms with Crippen molar-refractivity contribution >= 4 is 6.72 Å². The van der Waals surface area contributed by atoms with Gasteiger partial charge in [0.1, 0.15) is 6.17 Å². The van der Waals surface area contributed by atoms with Gasteiger partial charge in [-0.25, -0.2) is 4.39 Å². The molecule has 0 aromatic heterocycles. The minimum absolute atomic E-state index is 0.194. The second kappa shape index (κ2) is 2.50. The zero-order valence-electron chi connectivity index (χ0n) is 4.32. The molecule has 0 saturated carbocycles. The topological polar surface area (TPSA) is 12.4 Å². The summed E-state index contributed by atoms with van der Waals surface area (Å²) in [5.41, 5.74) is 0.194. The van der Waals surface area contributed by atoms with Gasteiger partial charge < -0.3 is 0 Å². The Bertz CT molecular complexity index is 86.1. The molecule has 0 heterocycles. The van der Waals surface area contributed by atoms with Crippen LogP contribution in [0.5, 0.6) is 0 Å². The Labute approximate surface area is 42.6 Å². The van der Waals surface area contributed by atoms with E-state index in [1.54, 1.807) is 0 Å². The van der Waals surface area contributed by atoms with Crippen LogP contribution in [-0.4, -0.2) is 12.9 Å². The van der Waals surface area contributed by atoms with E-state index in [4.69, 9.17) is 0 Å². The van der Waals surface area contributed by atoms with Gasteiger partial charge in [-0.3, -0.25) is 4.99 Å². The zero-order chi connectivity index (χ0) is 5.86. The van der Waals surface area contributed by atoms with Gasteiger partial charge in [0.25, 0.3) is 0 Å². The largest absolute Gasteiger partial charge is 0.267 e. The fourth-order valence-electron chi connectivity index (χ4n) is 0.126. The van der Waals surface area contributed by atoms with E-state index in [0.717, 1.165) is 0 Å². The standard InChI is InChI=1S/C5H8FN/c1-4(6)5(2)7-3/h4H,2-3H2,1H3. The number of hydrogen-bond donors (Lipinski definition) is 0. The van der Waals surface area contributed by atoms with Gasteiger partial charge in [-0.15, -0.1) is 0 Å². The highest BCUT2D eigenvalue weighted by molar-refractivity contribution is 5.28. The van der Waals surface area contributed by atoms with Gasteiger partial charge >= 0.3 is 0 Å². The summed E-state index contributed by atoms with van der Waals surface area (Å²) in [6.45, 7) is 7.73. The first kappa shape index (κ1) is 6.34. The van der Waals surface area contributed by atoms with Gasteiger partial charge in [-0.1, -0.05) is 6.58 Å². The van der Waals surface area contributed by atoms with Gasteiger partial charge in [-0.2, -0.15) is 0 Å². The quantitative estimate of drug-likeness (QED) is 0.468. The Balaban J connectivity index is 3.56. The van der Waals surface area contributed by atoms with E-state index < -0.39 is 6.17 Å². The third-order valence-corrected chi connectivity index (χ3v) is 0.662. The van der Waals surface area contributed by atoms with Crippen molar-refractivity contribution in [1.29, 1.82) is 0 Å². The molecule has 0 saturated heterocycles.